The highest BCUT2D eigenvalue weighted by atomic mass is 19.1. The molecule has 0 aromatic heterocycles. The van der Waals surface area contributed by atoms with E-state index in [-0.39, 0.29) is 18.3 Å². The lowest BCUT2D eigenvalue weighted by atomic mass is 10.1. The van der Waals surface area contributed by atoms with E-state index in [4.69, 9.17) is 9.47 Å². The number of carbonyl (C=O) groups is 1. The molecule has 2 aromatic carbocycles. The summed E-state index contributed by atoms with van der Waals surface area (Å²) in [7, 11) is 3.48. The van der Waals surface area contributed by atoms with Crippen molar-refractivity contribution in [3.05, 3.63) is 59.4 Å². The van der Waals surface area contributed by atoms with Gasteiger partial charge in [0.05, 0.1) is 20.3 Å². The number of nitrogens with one attached hydrogen (secondary N) is 1. The molecule has 0 saturated heterocycles. The molecule has 0 fully saturated rings. The molecule has 2 aromatic rings. The van der Waals surface area contributed by atoms with E-state index < -0.39 is 0 Å². The Kier molecular flexibility index (Phi) is 8.07. The summed E-state index contributed by atoms with van der Waals surface area (Å²) in [5.74, 6) is 1.05. The molecule has 146 valence electrons. The zero-order valence-electron chi connectivity index (χ0n) is 16.1. The average molecular weight is 374 g/mol. The number of halogens is 1. The Morgan fingerprint density at radius 3 is 2.67 bits per heavy atom. The fraction of sp³-hybridized carbons (Fsp3) is 0.381. The van der Waals surface area contributed by atoms with Crippen LogP contribution in [0.5, 0.6) is 11.5 Å². The molecule has 0 radical (unpaired) electrons. The fourth-order valence-electron chi connectivity index (χ4n) is 2.79. The number of nitrogens with zero attached hydrogens (tertiary/aromatic N) is 1. The van der Waals surface area contributed by atoms with Gasteiger partial charge in [-0.2, -0.15) is 0 Å². The minimum Gasteiger partial charge on any atom is -0.493 e. The van der Waals surface area contributed by atoms with E-state index in [1.54, 1.807) is 25.3 Å². The van der Waals surface area contributed by atoms with Gasteiger partial charge in [-0.25, -0.2) is 4.39 Å². The first-order valence-corrected chi connectivity index (χ1v) is 9.01. The number of rotatable bonds is 10. The van der Waals surface area contributed by atoms with Crippen LogP contribution < -0.4 is 14.8 Å². The number of hydrogen-bond donors (Lipinski definition) is 1. The largest absolute Gasteiger partial charge is 0.493 e. The predicted molar refractivity (Wildman–Crippen MR) is 104 cm³/mol. The zero-order valence-corrected chi connectivity index (χ0v) is 16.1. The van der Waals surface area contributed by atoms with Crippen LogP contribution in [0.3, 0.4) is 0 Å². The van der Waals surface area contributed by atoms with Crippen LogP contribution in [-0.4, -0.2) is 44.7 Å². The van der Waals surface area contributed by atoms with Crippen molar-refractivity contribution in [3.8, 4) is 11.5 Å². The molecule has 1 N–H and O–H groups in total. The highest BCUT2D eigenvalue weighted by Gasteiger charge is 2.10. The standard InChI is InChI=1S/C21H27FN2O3/c1-4-27-19-10-9-16(13-20(19)26-3)14-24(2)15-21(25)23-12-11-17-7-5-6-8-18(17)22/h5-10,13H,4,11-12,14-15H2,1-3H3,(H,23,25). The molecule has 0 aliphatic rings. The Bertz CT molecular complexity index is 752. The van der Waals surface area contributed by atoms with Gasteiger partial charge < -0.3 is 14.8 Å². The van der Waals surface area contributed by atoms with E-state index in [2.05, 4.69) is 5.32 Å². The van der Waals surface area contributed by atoms with E-state index in [1.807, 2.05) is 37.1 Å². The minimum absolute atomic E-state index is 0.0910. The summed E-state index contributed by atoms with van der Waals surface area (Å²) in [6.07, 6.45) is 0.470. The van der Waals surface area contributed by atoms with E-state index >= 15 is 0 Å². The van der Waals surface area contributed by atoms with Gasteiger partial charge in [0.2, 0.25) is 5.91 Å². The second-order valence-electron chi connectivity index (χ2n) is 6.28. The Morgan fingerprint density at radius 1 is 1.19 bits per heavy atom. The molecule has 0 atom stereocenters. The number of benzene rings is 2. The van der Waals surface area contributed by atoms with E-state index in [9.17, 15) is 9.18 Å². The summed E-state index contributed by atoms with van der Waals surface area (Å²) in [5, 5.41) is 2.83. The molecular formula is C21H27FN2O3. The lowest BCUT2D eigenvalue weighted by Crippen LogP contribution is -2.35. The highest BCUT2D eigenvalue weighted by Crippen LogP contribution is 2.28. The smallest absolute Gasteiger partial charge is 0.234 e. The van der Waals surface area contributed by atoms with Gasteiger partial charge >= 0.3 is 0 Å². The maximum absolute atomic E-state index is 13.6. The molecule has 0 spiro atoms. The van der Waals surface area contributed by atoms with Gasteiger partial charge in [-0.15, -0.1) is 0 Å². The van der Waals surface area contributed by atoms with Crippen molar-refractivity contribution in [2.24, 2.45) is 0 Å². The van der Waals surface area contributed by atoms with Crippen molar-refractivity contribution >= 4 is 5.91 Å². The molecule has 0 unspecified atom stereocenters. The van der Waals surface area contributed by atoms with E-state index in [1.165, 1.54) is 6.07 Å². The van der Waals surface area contributed by atoms with Crippen LogP contribution in [0.1, 0.15) is 18.1 Å². The molecule has 5 nitrogen and oxygen atoms in total. The number of hydrogen-bond acceptors (Lipinski definition) is 4. The van der Waals surface area contributed by atoms with Crippen molar-refractivity contribution in [1.82, 2.24) is 10.2 Å². The molecule has 2 rings (SSSR count). The molecular weight excluding hydrogens is 347 g/mol. The van der Waals surface area contributed by atoms with Crippen LogP contribution in [0, 0.1) is 5.82 Å². The molecule has 27 heavy (non-hydrogen) atoms. The van der Waals surface area contributed by atoms with Crippen LogP contribution in [0.15, 0.2) is 42.5 Å². The van der Waals surface area contributed by atoms with E-state index in [0.717, 1.165) is 5.56 Å². The van der Waals surface area contributed by atoms with Crippen LogP contribution >= 0.6 is 0 Å². The number of amides is 1. The lowest BCUT2D eigenvalue weighted by Gasteiger charge is -2.18. The van der Waals surface area contributed by atoms with Gasteiger partial charge in [0.1, 0.15) is 5.82 Å². The van der Waals surface area contributed by atoms with Crippen molar-refractivity contribution in [1.29, 1.82) is 0 Å². The first kappa shape index (κ1) is 20.7. The first-order chi connectivity index (χ1) is 13.0. The maximum Gasteiger partial charge on any atom is 0.234 e. The summed E-state index contributed by atoms with van der Waals surface area (Å²) >= 11 is 0. The Balaban J connectivity index is 1.80. The lowest BCUT2D eigenvalue weighted by molar-refractivity contribution is -0.122. The topological polar surface area (TPSA) is 50.8 Å². The summed E-state index contributed by atoms with van der Waals surface area (Å²) in [6, 6.07) is 12.3. The number of methoxy groups -OCH3 is 1. The third-order valence-corrected chi connectivity index (χ3v) is 4.07. The Hall–Kier alpha value is -2.60. The van der Waals surface area contributed by atoms with Gasteiger partial charge in [0.25, 0.3) is 0 Å². The summed E-state index contributed by atoms with van der Waals surface area (Å²) in [5.41, 5.74) is 1.63. The highest BCUT2D eigenvalue weighted by molar-refractivity contribution is 5.77. The second kappa shape index (κ2) is 10.5. The molecule has 6 heteroatoms. The maximum atomic E-state index is 13.6. The van der Waals surface area contributed by atoms with Crippen LogP contribution in [0.4, 0.5) is 4.39 Å². The molecule has 1 amide bonds. The Labute approximate surface area is 160 Å². The van der Waals surface area contributed by atoms with Crippen molar-refractivity contribution in [2.75, 3.05) is 33.9 Å². The van der Waals surface area contributed by atoms with E-state index in [0.29, 0.717) is 43.2 Å². The van der Waals surface area contributed by atoms with Crippen LogP contribution in [-0.2, 0) is 17.8 Å². The molecule has 0 bridgehead atoms. The molecule has 0 aliphatic carbocycles. The third-order valence-electron chi connectivity index (χ3n) is 4.07. The van der Waals surface area contributed by atoms with Crippen LogP contribution in [0.25, 0.3) is 0 Å². The number of likely N-dealkylation sites (N-methyl/N-ethyl adjacent to an activating group) is 1. The van der Waals surface area contributed by atoms with Gasteiger partial charge in [-0.1, -0.05) is 24.3 Å². The molecule has 0 saturated carbocycles. The average Bonchev–Trinajstić information content (AvgIpc) is 2.64. The monoisotopic (exact) mass is 374 g/mol. The number of ether oxygens (including phenoxy) is 2. The molecule has 0 aliphatic heterocycles. The predicted octanol–water partition coefficient (Wildman–Crippen LogP) is 3.02. The SMILES string of the molecule is CCOc1ccc(CN(C)CC(=O)NCCc2ccccc2F)cc1OC. The number of carbonyl (C=O) groups excluding carboxylic acids is 1. The quantitative estimate of drug-likeness (QED) is 0.695. The Morgan fingerprint density at radius 2 is 1.96 bits per heavy atom. The minimum atomic E-state index is -0.242. The first-order valence-electron chi connectivity index (χ1n) is 9.01. The van der Waals surface area contributed by atoms with Crippen molar-refractivity contribution in [3.63, 3.8) is 0 Å². The zero-order chi connectivity index (χ0) is 19.6. The normalized spacial score (nSPS) is 10.7. The van der Waals surface area contributed by atoms with Gasteiger partial charge in [0, 0.05) is 13.1 Å². The van der Waals surface area contributed by atoms with Gasteiger partial charge in [-0.3, -0.25) is 9.69 Å². The van der Waals surface area contributed by atoms with Crippen molar-refractivity contribution in [2.45, 2.75) is 19.9 Å². The molecule has 0 heterocycles. The van der Waals surface area contributed by atoms with Gasteiger partial charge in [-0.05, 0) is 49.7 Å². The summed E-state index contributed by atoms with van der Waals surface area (Å²) in [6.45, 7) is 3.76. The summed E-state index contributed by atoms with van der Waals surface area (Å²) in [4.78, 5) is 14.0. The second-order valence-corrected chi connectivity index (χ2v) is 6.28. The fourth-order valence-corrected chi connectivity index (χ4v) is 2.79. The van der Waals surface area contributed by atoms with Crippen molar-refractivity contribution < 1.29 is 18.7 Å². The third kappa shape index (κ3) is 6.57. The van der Waals surface area contributed by atoms with Crippen LogP contribution in [0.2, 0.25) is 0 Å². The summed E-state index contributed by atoms with van der Waals surface area (Å²) < 4.78 is 24.4. The van der Waals surface area contributed by atoms with Gasteiger partial charge in [0.15, 0.2) is 11.5 Å².